The predicted molar refractivity (Wildman–Crippen MR) is 62.4 cm³/mol. The molecule has 4 heteroatoms. The van der Waals surface area contributed by atoms with Crippen LogP contribution in [0.4, 0.5) is 0 Å². The first-order chi connectivity index (χ1) is 8.20. The molecule has 1 aromatic rings. The van der Waals surface area contributed by atoms with Gasteiger partial charge in [0.15, 0.2) is 0 Å². The second kappa shape index (κ2) is 4.98. The highest BCUT2D eigenvalue weighted by molar-refractivity contribution is 5.94. The first-order valence-corrected chi connectivity index (χ1v) is 5.63. The summed E-state index contributed by atoms with van der Waals surface area (Å²) in [6.07, 6.45) is 0.917. The fourth-order valence-corrected chi connectivity index (χ4v) is 1.87. The Morgan fingerprint density at radius 3 is 2.71 bits per heavy atom. The second-order valence-corrected chi connectivity index (χ2v) is 4.13. The molecule has 17 heavy (non-hydrogen) atoms. The van der Waals surface area contributed by atoms with Crippen molar-refractivity contribution in [3.05, 3.63) is 35.4 Å². The minimum atomic E-state index is -0.114. The van der Waals surface area contributed by atoms with E-state index in [0.717, 1.165) is 6.42 Å². The standard InChI is InChI=1S/C13H14N2O2/c1-9-12(6-7-17-9)15-13(16)11-4-2-10(8-14)3-5-11/h2-5,9,12H,6-7H2,1H3,(H,15,16). The number of ether oxygens (including phenoxy) is 1. The number of nitrogens with one attached hydrogen (secondary N) is 1. The molecule has 0 saturated carbocycles. The lowest BCUT2D eigenvalue weighted by molar-refractivity contribution is 0.0866. The van der Waals surface area contributed by atoms with Crippen molar-refractivity contribution in [1.29, 1.82) is 5.26 Å². The van der Waals surface area contributed by atoms with Crippen LogP contribution in [0.3, 0.4) is 0 Å². The van der Waals surface area contributed by atoms with E-state index >= 15 is 0 Å². The Kier molecular flexibility index (Phi) is 3.40. The Hall–Kier alpha value is -1.86. The van der Waals surface area contributed by atoms with Gasteiger partial charge >= 0.3 is 0 Å². The highest BCUT2D eigenvalue weighted by atomic mass is 16.5. The quantitative estimate of drug-likeness (QED) is 0.836. The van der Waals surface area contributed by atoms with E-state index in [0.29, 0.717) is 17.7 Å². The molecule has 2 rings (SSSR count). The Bertz CT molecular complexity index is 447. The third-order valence-corrected chi connectivity index (χ3v) is 2.97. The molecule has 2 unspecified atom stereocenters. The molecule has 2 atom stereocenters. The van der Waals surface area contributed by atoms with Gasteiger partial charge in [0.25, 0.3) is 5.91 Å². The lowest BCUT2D eigenvalue weighted by Crippen LogP contribution is -2.39. The molecule has 1 saturated heterocycles. The van der Waals surface area contributed by atoms with Crippen molar-refractivity contribution in [2.45, 2.75) is 25.5 Å². The van der Waals surface area contributed by atoms with Gasteiger partial charge in [0.1, 0.15) is 0 Å². The van der Waals surface area contributed by atoms with E-state index in [4.69, 9.17) is 10.00 Å². The van der Waals surface area contributed by atoms with E-state index in [1.54, 1.807) is 24.3 Å². The molecule has 0 aliphatic carbocycles. The fraction of sp³-hybridized carbons (Fsp3) is 0.385. The van der Waals surface area contributed by atoms with Crippen LogP contribution in [-0.2, 0) is 4.74 Å². The normalized spacial score (nSPS) is 23.1. The first kappa shape index (κ1) is 11.6. The number of hydrogen-bond donors (Lipinski definition) is 1. The van der Waals surface area contributed by atoms with Crippen LogP contribution in [0.15, 0.2) is 24.3 Å². The number of nitriles is 1. The van der Waals surface area contributed by atoms with E-state index in [2.05, 4.69) is 5.32 Å². The van der Waals surface area contributed by atoms with Gasteiger partial charge in [-0.3, -0.25) is 4.79 Å². The molecule has 0 bridgehead atoms. The lowest BCUT2D eigenvalue weighted by Gasteiger charge is -2.15. The van der Waals surface area contributed by atoms with Gasteiger partial charge in [0, 0.05) is 12.2 Å². The van der Waals surface area contributed by atoms with Crippen LogP contribution < -0.4 is 5.32 Å². The Balaban J connectivity index is 2.02. The maximum absolute atomic E-state index is 11.9. The number of carbonyl (C=O) groups excluding carboxylic acids is 1. The zero-order valence-electron chi connectivity index (χ0n) is 9.64. The Labute approximate surface area is 100 Å². The van der Waals surface area contributed by atoms with Crippen molar-refractivity contribution in [1.82, 2.24) is 5.32 Å². The Morgan fingerprint density at radius 2 is 2.18 bits per heavy atom. The van der Waals surface area contributed by atoms with Crippen LogP contribution in [0.1, 0.15) is 29.3 Å². The van der Waals surface area contributed by atoms with Crippen LogP contribution >= 0.6 is 0 Å². The minimum Gasteiger partial charge on any atom is -0.376 e. The molecule has 0 aromatic heterocycles. The maximum atomic E-state index is 11.9. The average Bonchev–Trinajstić information content (AvgIpc) is 2.75. The van der Waals surface area contributed by atoms with Gasteiger partial charge < -0.3 is 10.1 Å². The number of hydrogen-bond acceptors (Lipinski definition) is 3. The van der Waals surface area contributed by atoms with Crippen LogP contribution in [0.2, 0.25) is 0 Å². The van der Waals surface area contributed by atoms with Crippen molar-refractivity contribution >= 4 is 5.91 Å². The molecular formula is C13H14N2O2. The van der Waals surface area contributed by atoms with Crippen molar-refractivity contribution < 1.29 is 9.53 Å². The van der Waals surface area contributed by atoms with Gasteiger partial charge in [-0.2, -0.15) is 5.26 Å². The molecule has 1 N–H and O–H groups in total. The summed E-state index contributed by atoms with van der Waals surface area (Å²) in [5.74, 6) is -0.114. The van der Waals surface area contributed by atoms with Crippen molar-refractivity contribution in [3.63, 3.8) is 0 Å². The molecule has 0 radical (unpaired) electrons. The number of carbonyl (C=O) groups is 1. The number of benzene rings is 1. The van der Waals surface area contributed by atoms with Crippen LogP contribution in [0.5, 0.6) is 0 Å². The van der Waals surface area contributed by atoms with Crippen LogP contribution in [-0.4, -0.2) is 24.7 Å². The van der Waals surface area contributed by atoms with Gasteiger partial charge in [-0.25, -0.2) is 0 Å². The van der Waals surface area contributed by atoms with Gasteiger partial charge in [-0.05, 0) is 37.6 Å². The minimum absolute atomic E-state index is 0.0670. The molecular weight excluding hydrogens is 216 g/mol. The monoisotopic (exact) mass is 230 g/mol. The largest absolute Gasteiger partial charge is 0.376 e. The topological polar surface area (TPSA) is 62.1 Å². The summed E-state index contributed by atoms with van der Waals surface area (Å²) in [6, 6.07) is 8.71. The highest BCUT2D eigenvalue weighted by Crippen LogP contribution is 2.13. The summed E-state index contributed by atoms with van der Waals surface area (Å²) in [7, 11) is 0. The molecule has 1 aromatic carbocycles. The van der Waals surface area contributed by atoms with Gasteiger partial charge in [-0.1, -0.05) is 0 Å². The van der Waals surface area contributed by atoms with Crippen LogP contribution in [0, 0.1) is 11.3 Å². The summed E-state index contributed by atoms with van der Waals surface area (Å²) in [6.45, 7) is 2.65. The fourth-order valence-electron chi connectivity index (χ4n) is 1.87. The summed E-state index contributed by atoms with van der Waals surface area (Å²) in [5, 5.41) is 11.6. The smallest absolute Gasteiger partial charge is 0.251 e. The molecule has 1 amide bonds. The van der Waals surface area contributed by atoms with E-state index in [-0.39, 0.29) is 18.1 Å². The third-order valence-electron chi connectivity index (χ3n) is 2.97. The molecule has 1 aliphatic heterocycles. The summed E-state index contributed by atoms with van der Waals surface area (Å²) >= 11 is 0. The zero-order chi connectivity index (χ0) is 12.3. The van der Waals surface area contributed by atoms with Crippen molar-refractivity contribution in [2.75, 3.05) is 6.61 Å². The Morgan fingerprint density at radius 1 is 1.47 bits per heavy atom. The average molecular weight is 230 g/mol. The van der Waals surface area contributed by atoms with E-state index in [1.807, 2.05) is 13.0 Å². The third kappa shape index (κ3) is 2.63. The molecule has 4 nitrogen and oxygen atoms in total. The van der Waals surface area contributed by atoms with Crippen molar-refractivity contribution in [2.24, 2.45) is 0 Å². The molecule has 1 aliphatic rings. The molecule has 0 spiro atoms. The van der Waals surface area contributed by atoms with E-state index < -0.39 is 0 Å². The predicted octanol–water partition coefficient (Wildman–Crippen LogP) is 1.47. The summed E-state index contributed by atoms with van der Waals surface area (Å²) in [4.78, 5) is 11.9. The molecule has 1 fully saturated rings. The zero-order valence-corrected chi connectivity index (χ0v) is 9.64. The van der Waals surface area contributed by atoms with Crippen molar-refractivity contribution in [3.8, 4) is 6.07 Å². The second-order valence-electron chi connectivity index (χ2n) is 4.13. The van der Waals surface area contributed by atoms with E-state index in [9.17, 15) is 4.79 Å². The van der Waals surface area contributed by atoms with Gasteiger partial charge in [0.2, 0.25) is 0 Å². The molecule has 88 valence electrons. The highest BCUT2D eigenvalue weighted by Gasteiger charge is 2.25. The summed E-state index contributed by atoms with van der Waals surface area (Å²) < 4.78 is 5.38. The van der Waals surface area contributed by atoms with Gasteiger partial charge in [-0.15, -0.1) is 0 Å². The van der Waals surface area contributed by atoms with E-state index in [1.165, 1.54) is 0 Å². The summed E-state index contributed by atoms with van der Waals surface area (Å²) in [5.41, 5.74) is 1.13. The van der Waals surface area contributed by atoms with Crippen LogP contribution in [0.25, 0.3) is 0 Å². The number of rotatable bonds is 2. The number of nitrogens with zero attached hydrogens (tertiary/aromatic N) is 1. The maximum Gasteiger partial charge on any atom is 0.251 e. The first-order valence-electron chi connectivity index (χ1n) is 5.63. The molecule has 1 heterocycles. The van der Waals surface area contributed by atoms with Gasteiger partial charge in [0.05, 0.1) is 23.8 Å². The SMILES string of the molecule is CC1OCCC1NC(=O)c1ccc(C#N)cc1. The lowest BCUT2D eigenvalue weighted by atomic mass is 10.1. The number of amides is 1.